The summed E-state index contributed by atoms with van der Waals surface area (Å²) in [6.45, 7) is 2.41. The van der Waals surface area contributed by atoms with E-state index in [0.717, 1.165) is 16.5 Å². The minimum absolute atomic E-state index is 0.204. The minimum atomic E-state index is -0.297. The van der Waals surface area contributed by atoms with Gasteiger partial charge in [-0.05, 0) is 31.2 Å². The van der Waals surface area contributed by atoms with Gasteiger partial charge in [-0.15, -0.1) is 11.3 Å². The van der Waals surface area contributed by atoms with E-state index < -0.39 is 0 Å². The van der Waals surface area contributed by atoms with Crippen LogP contribution in [0.25, 0.3) is 0 Å². The summed E-state index contributed by atoms with van der Waals surface area (Å²) in [6, 6.07) is 7.20. The van der Waals surface area contributed by atoms with Crippen LogP contribution in [0.1, 0.15) is 17.1 Å². The van der Waals surface area contributed by atoms with Gasteiger partial charge in [0.15, 0.2) is 0 Å². The Morgan fingerprint density at radius 3 is 2.57 bits per heavy atom. The predicted octanol–water partition coefficient (Wildman–Crippen LogP) is 2.97. The highest BCUT2D eigenvalue weighted by atomic mass is 32.1. The molecule has 112 valence electrons. The molecule has 0 amide bonds. The highest BCUT2D eigenvalue weighted by molar-refractivity contribution is 7.09. The summed E-state index contributed by atoms with van der Waals surface area (Å²) < 4.78 is 15.6. The lowest BCUT2D eigenvalue weighted by atomic mass is 10.3. The first kappa shape index (κ1) is 15.3. The van der Waals surface area contributed by atoms with E-state index in [9.17, 15) is 4.79 Å². The van der Waals surface area contributed by atoms with Crippen molar-refractivity contribution in [3.8, 4) is 11.5 Å². The molecular weight excluding hydrogens is 290 g/mol. The fraction of sp³-hybridized carbons (Fsp3) is 0.333. The van der Waals surface area contributed by atoms with Crippen molar-refractivity contribution >= 4 is 17.3 Å². The van der Waals surface area contributed by atoms with Crippen LogP contribution < -0.4 is 9.47 Å². The van der Waals surface area contributed by atoms with Crippen LogP contribution in [-0.4, -0.2) is 24.7 Å². The van der Waals surface area contributed by atoms with Crippen molar-refractivity contribution in [1.29, 1.82) is 0 Å². The molecule has 2 aromatic rings. The molecule has 2 rings (SSSR count). The molecule has 6 heteroatoms. The maximum absolute atomic E-state index is 11.6. The Hall–Kier alpha value is -2.08. The molecule has 0 aliphatic heterocycles. The molecule has 1 aromatic carbocycles. The smallest absolute Gasteiger partial charge is 0.309 e. The zero-order valence-corrected chi connectivity index (χ0v) is 12.8. The van der Waals surface area contributed by atoms with Crippen LogP contribution in [0.5, 0.6) is 11.5 Å². The molecular formula is C15H17NO4S. The van der Waals surface area contributed by atoms with Gasteiger partial charge in [-0.1, -0.05) is 0 Å². The first-order valence-corrected chi connectivity index (χ1v) is 7.39. The van der Waals surface area contributed by atoms with Gasteiger partial charge in [-0.25, -0.2) is 4.98 Å². The molecule has 1 heterocycles. The molecule has 21 heavy (non-hydrogen) atoms. The first-order chi connectivity index (χ1) is 10.2. The van der Waals surface area contributed by atoms with Crippen LogP contribution in [0.2, 0.25) is 0 Å². The van der Waals surface area contributed by atoms with Crippen LogP contribution in [-0.2, 0) is 16.1 Å². The van der Waals surface area contributed by atoms with Gasteiger partial charge in [0.2, 0.25) is 0 Å². The van der Waals surface area contributed by atoms with Gasteiger partial charge in [0.05, 0.1) is 30.8 Å². The lowest BCUT2D eigenvalue weighted by Gasteiger charge is -2.07. The molecule has 0 radical (unpaired) electrons. The summed E-state index contributed by atoms with van der Waals surface area (Å²) >= 11 is 1.54. The molecule has 5 nitrogen and oxygen atoms in total. The largest absolute Gasteiger partial charge is 0.497 e. The standard InChI is InChI=1S/C15H17NO4S/c1-11-16-12(10-21-11)9-20-15(17)7-8-19-14-5-3-13(18-2)4-6-14/h3-6,10H,7-9H2,1-2H3. The van der Waals surface area contributed by atoms with Crippen molar-refractivity contribution in [1.82, 2.24) is 4.98 Å². The lowest BCUT2D eigenvalue weighted by molar-refractivity contribution is -0.145. The molecule has 0 atom stereocenters. The number of carbonyl (C=O) groups excluding carboxylic acids is 1. The van der Waals surface area contributed by atoms with E-state index in [4.69, 9.17) is 14.2 Å². The summed E-state index contributed by atoms with van der Waals surface area (Å²) in [6.07, 6.45) is 0.204. The number of aromatic nitrogens is 1. The van der Waals surface area contributed by atoms with Crippen LogP contribution in [0.15, 0.2) is 29.6 Å². The lowest BCUT2D eigenvalue weighted by Crippen LogP contribution is -2.10. The van der Waals surface area contributed by atoms with Crippen LogP contribution in [0.3, 0.4) is 0 Å². The van der Waals surface area contributed by atoms with E-state index in [1.807, 2.05) is 12.3 Å². The summed E-state index contributed by atoms with van der Waals surface area (Å²) in [5, 5.41) is 2.85. The third-order valence-electron chi connectivity index (χ3n) is 2.68. The van der Waals surface area contributed by atoms with Gasteiger partial charge < -0.3 is 14.2 Å². The monoisotopic (exact) mass is 307 g/mol. The van der Waals surface area contributed by atoms with Crippen molar-refractivity contribution in [2.45, 2.75) is 20.0 Å². The quantitative estimate of drug-likeness (QED) is 0.736. The highest BCUT2D eigenvalue weighted by Crippen LogP contribution is 2.17. The molecule has 1 aromatic heterocycles. The van der Waals surface area contributed by atoms with Gasteiger partial charge in [0.1, 0.15) is 18.1 Å². The van der Waals surface area contributed by atoms with Gasteiger partial charge in [0, 0.05) is 5.38 Å². The third-order valence-corrected chi connectivity index (χ3v) is 3.50. The number of thiazole rings is 1. The van der Waals surface area contributed by atoms with E-state index in [0.29, 0.717) is 5.75 Å². The predicted molar refractivity (Wildman–Crippen MR) is 79.8 cm³/mol. The Balaban J connectivity index is 1.66. The minimum Gasteiger partial charge on any atom is -0.497 e. The van der Waals surface area contributed by atoms with Crippen LogP contribution >= 0.6 is 11.3 Å². The van der Waals surface area contributed by atoms with Gasteiger partial charge in [0.25, 0.3) is 0 Å². The maximum Gasteiger partial charge on any atom is 0.309 e. The average molecular weight is 307 g/mol. The average Bonchev–Trinajstić information content (AvgIpc) is 2.91. The second-order valence-corrected chi connectivity index (χ2v) is 5.35. The van der Waals surface area contributed by atoms with E-state index in [2.05, 4.69) is 4.98 Å². The van der Waals surface area contributed by atoms with E-state index >= 15 is 0 Å². The summed E-state index contributed by atoms with van der Waals surface area (Å²) in [5.41, 5.74) is 0.780. The Bertz CT molecular complexity index is 580. The molecule has 0 unspecified atom stereocenters. The van der Waals surface area contributed by atoms with Crippen molar-refractivity contribution in [3.63, 3.8) is 0 Å². The van der Waals surface area contributed by atoms with Gasteiger partial charge in [-0.2, -0.15) is 0 Å². The zero-order valence-electron chi connectivity index (χ0n) is 12.0. The normalized spacial score (nSPS) is 10.2. The Morgan fingerprint density at radius 1 is 1.24 bits per heavy atom. The SMILES string of the molecule is COc1ccc(OCCC(=O)OCc2csc(C)n2)cc1. The fourth-order valence-corrected chi connectivity index (χ4v) is 2.22. The molecule has 0 saturated heterocycles. The summed E-state index contributed by atoms with van der Waals surface area (Å²) in [7, 11) is 1.61. The number of hydrogen-bond donors (Lipinski definition) is 0. The fourth-order valence-electron chi connectivity index (χ4n) is 1.63. The van der Waals surface area contributed by atoms with E-state index in [1.54, 1.807) is 31.4 Å². The van der Waals surface area contributed by atoms with E-state index in [-0.39, 0.29) is 25.6 Å². The molecule has 0 aliphatic rings. The number of carbonyl (C=O) groups is 1. The highest BCUT2D eigenvalue weighted by Gasteiger charge is 2.06. The Morgan fingerprint density at radius 2 is 1.95 bits per heavy atom. The van der Waals surface area contributed by atoms with Gasteiger partial charge >= 0.3 is 5.97 Å². The topological polar surface area (TPSA) is 57.7 Å². The molecule has 0 aliphatic carbocycles. The number of esters is 1. The number of hydrogen-bond acceptors (Lipinski definition) is 6. The van der Waals surface area contributed by atoms with Crippen molar-refractivity contribution in [2.75, 3.05) is 13.7 Å². The molecule has 0 fully saturated rings. The summed E-state index contributed by atoms with van der Waals surface area (Å²) in [5.74, 6) is 1.16. The Labute approximate surface area is 127 Å². The van der Waals surface area contributed by atoms with Crippen molar-refractivity contribution in [2.24, 2.45) is 0 Å². The summed E-state index contributed by atoms with van der Waals surface area (Å²) in [4.78, 5) is 15.8. The molecule has 0 spiro atoms. The third kappa shape index (κ3) is 5.07. The number of rotatable bonds is 7. The Kier molecular flexibility index (Phi) is 5.57. The van der Waals surface area contributed by atoms with Gasteiger partial charge in [-0.3, -0.25) is 4.79 Å². The second kappa shape index (κ2) is 7.64. The zero-order chi connectivity index (χ0) is 15.1. The van der Waals surface area contributed by atoms with Crippen LogP contribution in [0, 0.1) is 6.92 Å². The molecule has 0 saturated carbocycles. The number of aryl methyl sites for hydroxylation is 1. The molecule has 0 N–H and O–H groups in total. The van der Waals surface area contributed by atoms with Crippen molar-refractivity contribution < 1.29 is 19.0 Å². The van der Waals surface area contributed by atoms with E-state index in [1.165, 1.54) is 11.3 Å². The van der Waals surface area contributed by atoms with Crippen molar-refractivity contribution in [3.05, 3.63) is 40.3 Å². The number of methoxy groups -OCH3 is 1. The maximum atomic E-state index is 11.6. The number of nitrogens with zero attached hydrogens (tertiary/aromatic N) is 1. The number of benzene rings is 1. The first-order valence-electron chi connectivity index (χ1n) is 6.51. The number of ether oxygens (including phenoxy) is 3. The molecule has 0 bridgehead atoms. The second-order valence-electron chi connectivity index (χ2n) is 4.29. The van der Waals surface area contributed by atoms with Crippen LogP contribution in [0.4, 0.5) is 0 Å².